The van der Waals surface area contributed by atoms with Crippen molar-refractivity contribution >= 4 is 39.0 Å². The average molecular weight is 469 g/mol. The molecule has 8 nitrogen and oxygen atoms in total. The smallest absolute Gasteiger partial charge is 0.346 e. The number of ether oxygens (including phenoxy) is 1. The highest BCUT2D eigenvalue weighted by Gasteiger charge is 2.28. The molecule has 0 atom stereocenters. The highest BCUT2D eigenvalue weighted by atomic mass is 35.5. The van der Waals surface area contributed by atoms with Gasteiger partial charge in [-0.3, -0.25) is 4.68 Å². The first-order valence-electron chi connectivity index (χ1n) is 9.09. The van der Waals surface area contributed by atoms with Crippen molar-refractivity contribution in [2.75, 3.05) is 6.26 Å². The highest BCUT2D eigenvalue weighted by Crippen LogP contribution is 2.40. The molecule has 158 valence electrons. The van der Waals surface area contributed by atoms with Crippen LogP contribution in [0, 0.1) is 0 Å². The predicted octanol–water partition coefficient (Wildman–Crippen LogP) is 3.47. The molecule has 3 aromatic rings. The van der Waals surface area contributed by atoms with Crippen LogP contribution < -0.4 is 4.74 Å². The minimum Gasteiger partial charge on any atom is -0.404 e. The van der Waals surface area contributed by atoms with Gasteiger partial charge >= 0.3 is 5.97 Å². The van der Waals surface area contributed by atoms with Crippen molar-refractivity contribution in [2.45, 2.75) is 30.2 Å². The number of hydrogen-bond acceptors (Lipinski definition) is 6. The summed E-state index contributed by atoms with van der Waals surface area (Å²) in [5.74, 6) is 0.00416. The van der Waals surface area contributed by atoms with Crippen LogP contribution in [0.3, 0.4) is 0 Å². The monoisotopic (exact) mass is 468 g/mol. The van der Waals surface area contributed by atoms with E-state index in [0.717, 1.165) is 24.8 Å². The molecule has 0 amide bonds. The van der Waals surface area contributed by atoms with Crippen LogP contribution >= 0.6 is 23.2 Å². The van der Waals surface area contributed by atoms with E-state index < -0.39 is 15.8 Å². The summed E-state index contributed by atoms with van der Waals surface area (Å²) in [6, 6.07) is 4.43. The van der Waals surface area contributed by atoms with E-state index in [1.807, 2.05) is 0 Å². The third-order valence-corrected chi connectivity index (χ3v) is 6.60. The minimum absolute atomic E-state index is 0.00669. The Morgan fingerprint density at radius 1 is 1.30 bits per heavy atom. The van der Waals surface area contributed by atoms with Gasteiger partial charge in [-0.1, -0.05) is 23.2 Å². The highest BCUT2D eigenvalue weighted by molar-refractivity contribution is 7.90. The Balaban J connectivity index is 1.69. The largest absolute Gasteiger partial charge is 0.404 e. The van der Waals surface area contributed by atoms with Gasteiger partial charge in [0.25, 0.3) is 0 Å². The first-order valence-corrected chi connectivity index (χ1v) is 11.7. The summed E-state index contributed by atoms with van der Waals surface area (Å²) >= 11 is 12.4. The number of benzene rings is 1. The number of rotatable bonds is 6. The lowest BCUT2D eigenvalue weighted by atomic mass is 10.1. The number of hydrogen-bond donors (Lipinski definition) is 0. The zero-order valence-corrected chi connectivity index (χ0v) is 18.5. The molecule has 1 fully saturated rings. The maximum atomic E-state index is 12.8. The Bertz CT molecular complexity index is 1250. The van der Waals surface area contributed by atoms with E-state index in [-0.39, 0.29) is 27.6 Å². The zero-order valence-electron chi connectivity index (χ0n) is 16.2. The number of nitrogens with zero attached hydrogens (tertiary/aromatic N) is 4. The minimum atomic E-state index is -3.60. The maximum Gasteiger partial charge on any atom is 0.346 e. The Kier molecular flexibility index (Phi) is 5.37. The Labute approximate surface area is 183 Å². The fourth-order valence-electron chi connectivity index (χ4n) is 3.14. The molecule has 11 heteroatoms. The van der Waals surface area contributed by atoms with Crippen LogP contribution in [0.5, 0.6) is 5.88 Å². The Hall–Kier alpha value is -2.36. The molecule has 0 N–H and O–H groups in total. The molecule has 4 rings (SSSR count). The maximum absolute atomic E-state index is 12.8. The number of esters is 1. The van der Waals surface area contributed by atoms with E-state index in [2.05, 4.69) is 10.2 Å². The molecule has 0 saturated heterocycles. The molecule has 0 unspecified atom stereocenters. The normalized spacial score (nSPS) is 14.1. The van der Waals surface area contributed by atoms with E-state index in [1.54, 1.807) is 13.1 Å². The number of aromatic nitrogens is 4. The number of sulfone groups is 1. The zero-order chi connectivity index (χ0) is 21.6. The summed E-state index contributed by atoms with van der Waals surface area (Å²) in [4.78, 5) is 12.8. The lowest BCUT2D eigenvalue weighted by Gasteiger charge is -2.14. The van der Waals surface area contributed by atoms with Gasteiger partial charge in [-0.25, -0.2) is 17.9 Å². The Morgan fingerprint density at radius 2 is 2.03 bits per heavy atom. The van der Waals surface area contributed by atoms with Gasteiger partial charge in [-0.15, -0.1) is 0 Å². The topological polar surface area (TPSA) is 96.1 Å². The average Bonchev–Trinajstić information content (AvgIpc) is 3.34. The fraction of sp³-hybridized carbons (Fsp3) is 0.316. The van der Waals surface area contributed by atoms with Crippen LogP contribution in [-0.4, -0.2) is 40.2 Å². The summed E-state index contributed by atoms with van der Waals surface area (Å²) in [5.41, 5.74) is 1.17. The van der Waals surface area contributed by atoms with Crippen LogP contribution in [0.15, 0.2) is 35.5 Å². The second-order valence-electron chi connectivity index (χ2n) is 7.23. The second-order valence-corrected chi connectivity index (χ2v) is 10.0. The van der Waals surface area contributed by atoms with Crippen molar-refractivity contribution in [1.29, 1.82) is 0 Å². The van der Waals surface area contributed by atoms with E-state index in [9.17, 15) is 13.2 Å². The van der Waals surface area contributed by atoms with Gasteiger partial charge in [0.05, 0.1) is 38.9 Å². The van der Waals surface area contributed by atoms with Crippen molar-refractivity contribution < 1.29 is 17.9 Å². The van der Waals surface area contributed by atoms with Crippen molar-refractivity contribution in [2.24, 2.45) is 7.05 Å². The molecule has 0 spiro atoms. The molecule has 1 aromatic carbocycles. The molecule has 30 heavy (non-hydrogen) atoms. The quantitative estimate of drug-likeness (QED) is 0.513. The number of halogens is 2. The van der Waals surface area contributed by atoms with E-state index in [0.29, 0.717) is 16.8 Å². The summed E-state index contributed by atoms with van der Waals surface area (Å²) in [6.07, 6.45) is 6.18. The number of carbonyl (C=O) groups is 1. The molecule has 0 aliphatic heterocycles. The SMILES string of the molecule is Cn1nc(C2CC2)cc1OC(=O)c1ccc(S(C)(=O)=O)c(Cn2cc(Cl)cn2)c1Cl. The predicted molar refractivity (Wildman–Crippen MR) is 111 cm³/mol. The number of aryl methyl sites for hydroxylation is 1. The third-order valence-electron chi connectivity index (χ3n) is 4.79. The van der Waals surface area contributed by atoms with Crippen molar-refractivity contribution in [3.63, 3.8) is 0 Å². The lowest BCUT2D eigenvalue weighted by Crippen LogP contribution is -2.15. The van der Waals surface area contributed by atoms with Crippen LogP contribution in [0.4, 0.5) is 0 Å². The first-order chi connectivity index (χ1) is 14.1. The Morgan fingerprint density at radius 3 is 2.63 bits per heavy atom. The molecule has 0 bridgehead atoms. The molecule has 1 saturated carbocycles. The molecular weight excluding hydrogens is 451 g/mol. The standard InChI is InChI=1S/C19H18Cl2N4O4S/c1-24-17(7-15(23-24)11-3-4-11)29-19(26)13-5-6-16(30(2,27)28)14(18(13)21)10-25-9-12(20)8-22-25/h5-9,11H,3-4,10H2,1-2H3. The fourth-order valence-corrected chi connectivity index (χ4v) is 4.58. The second kappa shape index (κ2) is 7.72. The third kappa shape index (κ3) is 4.23. The van der Waals surface area contributed by atoms with Crippen LogP contribution in [0.25, 0.3) is 0 Å². The molecule has 0 radical (unpaired) electrons. The van der Waals surface area contributed by atoms with Gasteiger partial charge < -0.3 is 4.74 Å². The molecular formula is C19H18Cl2N4O4S. The summed E-state index contributed by atoms with van der Waals surface area (Å²) in [7, 11) is -1.91. The summed E-state index contributed by atoms with van der Waals surface area (Å²) in [6.45, 7) is 0.0205. The van der Waals surface area contributed by atoms with Gasteiger partial charge in [-0.2, -0.15) is 10.2 Å². The van der Waals surface area contributed by atoms with E-state index in [1.165, 1.54) is 33.9 Å². The van der Waals surface area contributed by atoms with Crippen molar-refractivity contribution in [3.8, 4) is 5.88 Å². The summed E-state index contributed by atoms with van der Waals surface area (Å²) in [5, 5.41) is 8.80. The molecule has 2 aromatic heterocycles. The van der Waals surface area contributed by atoms with E-state index in [4.69, 9.17) is 27.9 Å². The van der Waals surface area contributed by atoms with Crippen LogP contribution in [-0.2, 0) is 23.4 Å². The summed E-state index contributed by atoms with van der Waals surface area (Å²) < 4.78 is 32.9. The van der Waals surface area contributed by atoms with Gasteiger partial charge in [0.1, 0.15) is 0 Å². The van der Waals surface area contributed by atoms with Crippen LogP contribution in [0.1, 0.15) is 40.4 Å². The van der Waals surface area contributed by atoms with Gasteiger partial charge in [0.2, 0.25) is 5.88 Å². The molecule has 1 aliphatic carbocycles. The van der Waals surface area contributed by atoms with Gasteiger partial charge in [0.15, 0.2) is 9.84 Å². The first kappa shape index (κ1) is 20.9. The van der Waals surface area contributed by atoms with Gasteiger partial charge in [-0.05, 0) is 25.0 Å². The van der Waals surface area contributed by atoms with Crippen LogP contribution in [0.2, 0.25) is 10.0 Å². The van der Waals surface area contributed by atoms with Gasteiger partial charge in [0, 0.05) is 37.0 Å². The molecule has 2 heterocycles. The van der Waals surface area contributed by atoms with Crippen molar-refractivity contribution in [3.05, 3.63) is 57.5 Å². The number of carbonyl (C=O) groups excluding carboxylic acids is 1. The molecule has 1 aliphatic rings. The van der Waals surface area contributed by atoms with Crippen molar-refractivity contribution in [1.82, 2.24) is 19.6 Å². The lowest BCUT2D eigenvalue weighted by molar-refractivity contribution is 0.0720. The van der Waals surface area contributed by atoms with E-state index >= 15 is 0 Å².